The zero-order valence-electron chi connectivity index (χ0n) is 15.9. The van der Waals surface area contributed by atoms with E-state index < -0.39 is 0 Å². The van der Waals surface area contributed by atoms with Gasteiger partial charge < -0.3 is 10.7 Å². The molecule has 0 bridgehead atoms. The van der Waals surface area contributed by atoms with E-state index in [4.69, 9.17) is 5.73 Å². The lowest BCUT2D eigenvalue weighted by molar-refractivity contribution is 0.202. The molecule has 0 amide bonds. The highest BCUT2D eigenvalue weighted by Crippen LogP contribution is 2.22. The van der Waals surface area contributed by atoms with Gasteiger partial charge in [-0.2, -0.15) is 0 Å². The Morgan fingerprint density at radius 3 is 3.04 bits per heavy atom. The second kappa shape index (κ2) is 8.06. The van der Waals surface area contributed by atoms with E-state index in [1.54, 1.807) is 12.3 Å². The third kappa shape index (κ3) is 4.28. The summed E-state index contributed by atoms with van der Waals surface area (Å²) in [6.07, 6.45) is 7.36. The first-order valence-corrected chi connectivity index (χ1v) is 9.74. The number of nitrogens with one attached hydrogen (secondary N) is 1. The molecule has 1 aromatic carbocycles. The topological polar surface area (TPSA) is 74.1 Å². The fourth-order valence-corrected chi connectivity index (χ4v) is 4.11. The molecule has 6 heteroatoms. The SMILES string of the molecule is CN(Cc1nccc(N)n1)C1CCCN(Cc2cccc3[nH]ccc23)CC1. The van der Waals surface area contributed by atoms with Crippen LogP contribution in [0.15, 0.2) is 42.7 Å². The fraction of sp³-hybridized carbons (Fsp3) is 0.429. The number of nitrogen functional groups attached to an aromatic ring is 1. The summed E-state index contributed by atoms with van der Waals surface area (Å²) >= 11 is 0. The maximum atomic E-state index is 5.78. The minimum Gasteiger partial charge on any atom is -0.384 e. The first kappa shape index (κ1) is 17.9. The molecule has 1 saturated heterocycles. The Morgan fingerprint density at radius 1 is 1.22 bits per heavy atom. The summed E-state index contributed by atoms with van der Waals surface area (Å²) in [6, 6.07) is 11.0. The van der Waals surface area contributed by atoms with Crippen LogP contribution >= 0.6 is 0 Å². The van der Waals surface area contributed by atoms with Crippen molar-refractivity contribution in [2.45, 2.75) is 38.4 Å². The van der Waals surface area contributed by atoms with Gasteiger partial charge in [0, 0.05) is 35.9 Å². The minimum atomic E-state index is 0.541. The second-order valence-electron chi connectivity index (χ2n) is 7.53. The smallest absolute Gasteiger partial charge is 0.144 e. The molecule has 27 heavy (non-hydrogen) atoms. The molecule has 1 fully saturated rings. The van der Waals surface area contributed by atoms with Crippen LogP contribution in [-0.2, 0) is 13.1 Å². The Balaban J connectivity index is 1.36. The summed E-state index contributed by atoms with van der Waals surface area (Å²) in [5.41, 5.74) is 8.42. The predicted molar refractivity (Wildman–Crippen MR) is 109 cm³/mol. The Kier molecular flexibility index (Phi) is 5.36. The number of nitrogens with zero attached hydrogens (tertiary/aromatic N) is 4. The molecule has 2 aromatic heterocycles. The number of hydrogen-bond acceptors (Lipinski definition) is 5. The van der Waals surface area contributed by atoms with Crippen LogP contribution in [0.25, 0.3) is 10.9 Å². The number of hydrogen-bond donors (Lipinski definition) is 2. The van der Waals surface area contributed by atoms with Crippen LogP contribution in [0.1, 0.15) is 30.7 Å². The molecule has 1 aliphatic heterocycles. The van der Waals surface area contributed by atoms with Gasteiger partial charge in [-0.05, 0) is 63.2 Å². The van der Waals surface area contributed by atoms with Crippen molar-refractivity contribution in [3.63, 3.8) is 0 Å². The number of likely N-dealkylation sites (tertiary alicyclic amines) is 1. The molecule has 4 rings (SSSR count). The van der Waals surface area contributed by atoms with Crippen LogP contribution in [-0.4, -0.2) is 50.9 Å². The Bertz CT molecular complexity index is 889. The number of nitrogens with two attached hydrogens (primary N) is 1. The van der Waals surface area contributed by atoms with Crippen molar-refractivity contribution in [1.29, 1.82) is 0 Å². The average Bonchev–Trinajstić information content (AvgIpc) is 3.02. The number of H-pyrrole nitrogens is 1. The van der Waals surface area contributed by atoms with Crippen LogP contribution in [0.3, 0.4) is 0 Å². The van der Waals surface area contributed by atoms with Gasteiger partial charge in [0.15, 0.2) is 0 Å². The van der Waals surface area contributed by atoms with Crippen LogP contribution in [0.2, 0.25) is 0 Å². The van der Waals surface area contributed by atoms with Crippen LogP contribution in [0.5, 0.6) is 0 Å². The molecule has 1 atom stereocenters. The number of rotatable bonds is 5. The van der Waals surface area contributed by atoms with E-state index >= 15 is 0 Å². The molecular weight excluding hydrogens is 336 g/mol. The van der Waals surface area contributed by atoms with Gasteiger partial charge in [0.2, 0.25) is 0 Å². The molecule has 0 saturated carbocycles. The van der Waals surface area contributed by atoms with Gasteiger partial charge in [-0.15, -0.1) is 0 Å². The van der Waals surface area contributed by atoms with E-state index in [9.17, 15) is 0 Å². The highest BCUT2D eigenvalue weighted by Gasteiger charge is 2.21. The molecule has 1 unspecified atom stereocenters. The van der Waals surface area contributed by atoms with Crippen molar-refractivity contribution in [2.75, 3.05) is 25.9 Å². The predicted octanol–water partition coefficient (Wildman–Crippen LogP) is 3.03. The maximum Gasteiger partial charge on any atom is 0.144 e. The Labute approximate surface area is 160 Å². The Morgan fingerprint density at radius 2 is 2.15 bits per heavy atom. The molecule has 3 N–H and O–H groups in total. The van der Waals surface area contributed by atoms with E-state index in [1.807, 2.05) is 6.20 Å². The minimum absolute atomic E-state index is 0.541. The Hall–Kier alpha value is -2.44. The van der Waals surface area contributed by atoms with Crippen LogP contribution in [0.4, 0.5) is 5.82 Å². The standard InChI is InChI=1S/C21H28N6/c1-26(15-21-24-11-8-20(22)25-21)17-5-3-12-27(13-9-17)14-16-4-2-6-19-18(16)7-10-23-19/h2,4,6-8,10-11,17,23H,3,5,9,12-15H2,1H3,(H2,22,24,25). The number of anilines is 1. The number of aromatic amines is 1. The number of aromatic nitrogens is 3. The highest BCUT2D eigenvalue weighted by atomic mass is 15.2. The molecular formula is C21H28N6. The zero-order chi connectivity index (χ0) is 18.6. The fourth-order valence-electron chi connectivity index (χ4n) is 4.11. The molecule has 142 valence electrons. The van der Waals surface area contributed by atoms with Crippen molar-refractivity contribution in [3.8, 4) is 0 Å². The van der Waals surface area contributed by atoms with E-state index in [0.717, 1.165) is 32.0 Å². The summed E-state index contributed by atoms with van der Waals surface area (Å²) < 4.78 is 0. The third-order valence-electron chi connectivity index (χ3n) is 5.61. The van der Waals surface area contributed by atoms with E-state index in [1.165, 1.54) is 35.7 Å². The maximum absolute atomic E-state index is 5.78. The lowest BCUT2D eigenvalue weighted by Crippen LogP contribution is -2.33. The molecule has 3 aromatic rings. The monoisotopic (exact) mass is 364 g/mol. The average molecular weight is 364 g/mol. The first-order chi connectivity index (χ1) is 13.2. The van der Waals surface area contributed by atoms with Crippen molar-refractivity contribution in [1.82, 2.24) is 24.8 Å². The first-order valence-electron chi connectivity index (χ1n) is 9.74. The quantitative estimate of drug-likeness (QED) is 0.728. The molecule has 1 aliphatic rings. The van der Waals surface area contributed by atoms with Crippen molar-refractivity contribution in [2.24, 2.45) is 0 Å². The van der Waals surface area contributed by atoms with E-state index in [0.29, 0.717) is 11.9 Å². The highest BCUT2D eigenvalue weighted by molar-refractivity contribution is 5.82. The largest absolute Gasteiger partial charge is 0.384 e. The van der Waals surface area contributed by atoms with Crippen LogP contribution < -0.4 is 5.73 Å². The summed E-state index contributed by atoms with van der Waals surface area (Å²) in [6.45, 7) is 4.04. The summed E-state index contributed by atoms with van der Waals surface area (Å²) in [5, 5.41) is 1.34. The molecule has 6 nitrogen and oxygen atoms in total. The molecule has 0 spiro atoms. The molecule has 3 heterocycles. The van der Waals surface area contributed by atoms with Gasteiger partial charge in [0.1, 0.15) is 11.6 Å². The zero-order valence-corrected chi connectivity index (χ0v) is 15.9. The van der Waals surface area contributed by atoms with Gasteiger partial charge in [-0.1, -0.05) is 12.1 Å². The molecule has 0 radical (unpaired) electrons. The third-order valence-corrected chi connectivity index (χ3v) is 5.61. The van der Waals surface area contributed by atoms with E-state index in [2.05, 4.69) is 56.1 Å². The second-order valence-corrected chi connectivity index (χ2v) is 7.53. The number of benzene rings is 1. The summed E-state index contributed by atoms with van der Waals surface area (Å²) in [7, 11) is 2.17. The normalized spacial score (nSPS) is 18.8. The number of fused-ring (bicyclic) bond motifs is 1. The van der Waals surface area contributed by atoms with Gasteiger partial charge in [-0.25, -0.2) is 9.97 Å². The van der Waals surface area contributed by atoms with Gasteiger partial charge >= 0.3 is 0 Å². The van der Waals surface area contributed by atoms with Gasteiger partial charge in [-0.3, -0.25) is 9.80 Å². The lowest BCUT2D eigenvalue weighted by atomic mass is 10.1. The van der Waals surface area contributed by atoms with Crippen molar-refractivity contribution >= 4 is 16.7 Å². The van der Waals surface area contributed by atoms with Crippen LogP contribution in [0, 0.1) is 0 Å². The van der Waals surface area contributed by atoms with E-state index in [-0.39, 0.29) is 0 Å². The van der Waals surface area contributed by atoms with Gasteiger partial charge in [0.05, 0.1) is 6.54 Å². The van der Waals surface area contributed by atoms with Gasteiger partial charge in [0.25, 0.3) is 0 Å². The summed E-state index contributed by atoms with van der Waals surface area (Å²) in [5.74, 6) is 1.34. The lowest BCUT2D eigenvalue weighted by Gasteiger charge is -2.26. The summed E-state index contributed by atoms with van der Waals surface area (Å²) in [4.78, 5) is 17.0. The van der Waals surface area contributed by atoms with Crippen molar-refractivity contribution < 1.29 is 0 Å². The molecule has 0 aliphatic carbocycles. The van der Waals surface area contributed by atoms with Crippen molar-refractivity contribution in [3.05, 3.63) is 54.1 Å².